The molecule has 0 spiro atoms. The van der Waals surface area contributed by atoms with Crippen molar-refractivity contribution >= 4 is 0 Å². The summed E-state index contributed by atoms with van der Waals surface area (Å²) in [5.74, 6) is 0. The van der Waals surface area contributed by atoms with E-state index in [-0.39, 0.29) is 6.61 Å². The largest absolute Gasteiger partial charge is 0.395 e. The van der Waals surface area contributed by atoms with E-state index in [9.17, 15) is 5.11 Å². The van der Waals surface area contributed by atoms with Crippen LogP contribution >= 0.6 is 0 Å². The molecule has 1 aromatic rings. The Balaban J connectivity index is 1.90. The van der Waals surface area contributed by atoms with E-state index in [1.165, 1.54) is 24.0 Å². The molecule has 1 atom stereocenters. The van der Waals surface area contributed by atoms with E-state index in [0.717, 1.165) is 26.2 Å². The average Bonchev–Trinajstić information content (AvgIpc) is 2.85. The number of benzene rings is 1. The van der Waals surface area contributed by atoms with Crippen molar-refractivity contribution < 1.29 is 5.11 Å². The number of aryl methyl sites for hydroxylation is 1. The molecule has 0 saturated carbocycles. The van der Waals surface area contributed by atoms with Gasteiger partial charge in [0.1, 0.15) is 0 Å². The maximum absolute atomic E-state index is 9.17. The van der Waals surface area contributed by atoms with Crippen LogP contribution in [-0.4, -0.2) is 42.3 Å². The van der Waals surface area contributed by atoms with Gasteiger partial charge in [-0.1, -0.05) is 29.8 Å². The van der Waals surface area contributed by atoms with Gasteiger partial charge in [-0.25, -0.2) is 0 Å². The zero-order valence-corrected chi connectivity index (χ0v) is 11.2. The van der Waals surface area contributed by atoms with Gasteiger partial charge in [0, 0.05) is 25.7 Å². The third-order valence-corrected chi connectivity index (χ3v) is 3.58. The zero-order chi connectivity index (χ0) is 12.8. The standard InChI is InChI=1S/C15H24N2O/c1-13-4-6-14(7-5-13)11-17(9-10-18)12-15-3-2-8-16-15/h4-7,15-16,18H,2-3,8-12H2,1H3. The quantitative estimate of drug-likeness (QED) is 0.801. The Labute approximate surface area is 110 Å². The van der Waals surface area contributed by atoms with Crippen LogP contribution in [0.25, 0.3) is 0 Å². The Hall–Kier alpha value is -0.900. The number of hydrogen-bond acceptors (Lipinski definition) is 3. The van der Waals surface area contributed by atoms with Gasteiger partial charge in [0.15, 0.2) is 0 Å². The second-order valence-corrected chi connectivity index (χ2v) is 5.24. The molecule has 0 aromatic heterocycles. The minimum atomic E-state index is 0.235. The van der Waals surface area contributed by atoms with Crippen LogP contribution in [0.15, 0.2) is 24.3 Å². The molecule has 18 heavy (non-hydrogen) atoms. The zero-order valence-electron chi connectivity index (χ0n) is 11.2. The van der Waals surface area contributed by atoms with E-state index in [1.807, 2.05) is 0 Å². The van der Waals surface area contributed by atoms with Gasteiger partial charge in [-0.3, -0.25) is 4.90 Å². The molecule has 1 fully saturated rings. The minimum absolute atomic E-state index is 0.235. The van der Waals surface area contributed by atoms with E-state index in [4.69, 9.17) is 0 Å². The van der Waals surface area contributed by atoms with Gasteiger partial charge in [0.25, 0.3) is 0 Å². The molecule has 2 N–H and O–H groups in total. The predicted octanol–water partition coefficient (Wildman–Crippen LogP) is 1.54. The van der Waals surface area contributed by atoms with Gasteiger partial charge >= 0.3 is 0 Å². The fraction of sp³-hybridized carbons (Fsp3) is 0.600. The first kappa shape index (κ1) is 13.5. The maximum Gasteiger partial charge on any atom is 0.0558 e. The highest BCUT2D eigenvalue weighted by Crippen LogP contribution is 2.11. The summed E-state index contributed by atoms with van der Waals surface area (Å²) in [6.45, 7) is 6.21. The molecule has 1 unspecified atom stereocenters. The van der Waals surface area contributed by atoms with Crippen LogP contribution in [-0.2, 0) is 6.54 Å². The molecule has 0 amide bonds. The Morgan fingerprint density at radius 1 is 1.33 bits per heavy atom. The van der Waals surface area contributed by atoms with Crippen molar-refractivity contribution in [2.24, 2.45) is 0 Å². The fourth-order valence-corrected chi connectivity index (χ4v) is 2.55. The summed E-state index contributed by atoms with van der Waals surface area (Å²) in [5, 5.41) is 12.7. The Bertz CT molecular complexity index is 344. The van der Waals surface area contributed by atoms with E-state index in [2.05, 4.69) is 41.4 Å². The highest BCUT2D eigenvalue weighted by atomic mass is 16.3. The van der Waals surface area contributed by atoms with Crippen LogP contribution in [0.2, 0.25) is 0 Å². The normalized spacial score (nSPS) is 19.6. The lowest BCUT2D eigenvalue weighted by Crippen LogP contribution is -2.38. The van der Waals surface area contributed by atoms with E-state index >= 15 is 0 Å². The first-order chi connectivity index (χ1) is 8.78. The summed E-state index contributed by atoms with van der Waals surface area (Å²) in [6, 6.07) is 9.27. The first-order valence-corrected chi connectivity index (χ1v) is 6.90. The fourth-order valence-electron chi connectivity index (χ4n) is 2.55. The molecule has 1 aliphatic rings. The first-order valence-electron chi connectivity index (χ1n) is 6.90. The van der Waals surface area contributed by atoms with E-state index in [1.54, 1.807) is 0 Å². The number of rotatable bonds is 6. The van der Waals surface area contributed by atoms with Crippen LogP contribution in [0.1, 0.15) is 24.0 Å². The SMILES string of the molecule is Cc1ccc(CN(CCO)CC2CCCN2)cc1. The van der Waals surface area contributed by atoms with Crippen LogP contribution in [0.5, 0.6) is 0 Å². The van der Waals surface area contributed by atoms with Crippen LogP contribution < -0.4 is 5.32 Å². The lowest BCUT2D eigenvalue weighted by Gasteiger charge is -2.25. The van der Waals surface area contributed by atoms with Crippen LogP contribution in [0.3, 0.4) is 0 Å². The molecule has 0 aliphatic carbocycles. The topological polar surface area (TPSA) is 35.5 Å². The third kappa shape index (κ3) is 4.09. The number of hydrogen-bond donors (Lipinski definition) is 2. The second-order valence-electron chi connectivity index (χ2n) is 5.24. The highest BCUT2D eigenvalue weighted by molar-refractivity contribution is 5.21. The summed E-state index contributed by atoms with van der Waals surface area (Å²) in [7, 11) is 0. The van der Waals surface area contributed by atoms with Crippen molar-refractivity contribution in [3.63, 3.8) is 0 Å². The van der Waals surface area contributed by atoms with Gasteiger partial charge in [0.2, 0.25) is 0 Å². The molecule has 0 radical (unpaired) electrons. The Morgan fingerprint density at radius 2 is 2.11 bits per heavy atom. The second kappa shape index (κ2) is 6.88. The predicted molar refractivity (Wildman–Crippen MR) is 74.6 cm³/mol. The van der Waals surface area contributed by atoms with Gasteiger partial charge in [-0.2, -0.15) is 0 Å². The monoisotopic (exact) mass is 248 g/mol. The molecule has 3 heteroatoms. The molecule has 2 rings (SSSR count). The maximum atomic E-state index is 9.17. The smallest absolute Gasteiger partial charge is 0.0558 e. The van der Waals surface area contributed by atoms with Crippen molar-refractivity contribution in [1.82, 2.24) is 10.2 Å². The highest BCUT2D eigenvalue weighted by Gasteiger charge is 2.17. The molecular formula is C15H24N2O. The van der Waals surface area contributed by atoms with Gasteiger partial charge in [0.05, 0.1) is 6.61 Å². The molecule has 0 bridgehead atoms. The van der Waals surface area contributed by atoms with Crippen molar-refractivity contribution in [2.75, 3.05) is 26.2 Å². The van der Waals surface area contributed by atoms with Gasteiger partial charge in [-0.05, 0) is 31.9 Å². The third-order valence-electron chi connectivity index (χ3n) is 3.58. The van der Waals surface area contributed by atoms with Gasteiger partial charge in [-0.15, -0.1) is 0 Å². The van der Waals surface area contributed by atoms with Crippen molar-refractivity contribution in [3.8, 4) is 0 Å². The molecule has 1 saturated heterocycles. The average molecular weight is 248 g/mol. The summed E-state index contributed by atoms with van der Waals surface area (Å²) in [4.78, 5) is 2.34. The molecule has 100 valence electrons. The van der Waals surface area contributed by atoms with Crippen LogP contribution in [0.4, 0.5) is 0 Å². The number of aliphatic hydroxyl groups is 1. The van der Waals surface area contributed by atoms with Crippen molar-refractivity contribution in [2.45, 2.75) is 32.4 Å². The summed E-state index contributed by atoms with van der Waals surface area (Å²) >= 11 is 0. The van der Waals surface area contributed by atoms with E-state index < -0.39 is 0 Å². The molecule has 1 aromatic carbocycles. The number of nitrogens with one attached hydrogen (secondary N) is 1. The Morgan fingerprint density at radius 3 is 2.72 bits per heavy atom. The molecule has 1 aliphatic heterocycles. The summed E-state index contributed by atoms with van der Waals surface area (Å²) in [5.41, 5.74) is 2.62. The molecule has 3 nitrogen and oxygen atoms in total. The minimum Gasteiger partial charge on any atom is -0.395 e. The van der Waals surface area contributed by atoms with Gasteiger partial charge < -0.3 is 10.4 Å². The molecular weight excluding hydrogens is 224 g/mol. The Kier molecular flexibility index (Phi) is 5.17. The number of aliphatic hydroxyl groups excluding tert-OH is 1. The number of nitrogens with zero attached hydrogens (tertiary/aromatic N) is 1. The van der Waals surface area contributed by atoms with Crippen molar-refractivity contribution in [3.05, 3.63) is 35.4 Å². The lowest BCUT2D eigenvalue weighted by atomic mass is 10.1. The van der Waals surface area contributed by atoms with E-state index in [0.29, 0.717) is 6.04 Å². The van der Waals surface area contributed by atoms with Crippen LogP contribution in [0, 0.1) is 6.92 Å². The lowest BCUT2D eigenvalue weighted by molar-refractivity contribution is 0.179. The molecule has 1 heterocycles. The summed E-state index contributed by atoms with van der Waals surface area (Å²) < 4.78 is 0. The summed E-state index contributed by atoms with van der Waals surface area (Å²) in [6.07, 6.45) is 2.54. The van der Waals surface area contributed by atoms with Crippen molar-refractivity contribution in [1.29, 1.82) is 0 Å².